The summed E-state index contributed by atoms with van der Waals surface area (Å²) in [5.41, 5.74) is 5.02. The van der Waals surface area contributed by atoms with Crippen molar-refractivity contribution in [2.75, 3.05) is 6.61 Å². The number of carbonyl (C=O) groups is 1. The summed E-state index contributed by atoms with van der Waals surface area (Å²) < 4.78 is 8.12. The van der Waals surface area contributed by atoms with Gasteiger partial charge in [0.05, 0.1) is 17.7 Å². The van der Waals surface area contributed by atoms with Crippen molar-refractivity contribution in [1.82, 2.24) is 9.58 Å². The van der Waals surface area contributed by atoms with Crippen LogP contribution in [0.1, 0.15) is 37.3 Å². The first kappa shape index (κ1) is 22.2. The number of hydrazone groups is 1. The van der Waals surface area contributed by atoms with Crippen molar-refractivity contribution in [2.24, 2.45) is 10.1 Å². The molecule has 1 aromatic heterocycles. The Hall–Kier alpha value is -3.65. The van der Waals surface area contributed by atoms with Crippen LogP contribution in [0.5, 0.6) is 5.75 Å². The van der Waals surface area contributed by atoms with E-state index in [2.05, 4.69) is 40.6 Å². The third kappa shape index (κ3) is 4.17. The highest BCUT2D eigenvalue weighted by molar-refractivity contribution is 8.25. The van der Waals surface area contributed by atoms with Crippen molar-refractivity contribution in [2.45, 2.75) is 32.7 Å². The van der Waals surface area contributed by atoms with Crippen molar-refractivity contribution >= 4 is 51.2 Å². The maximum atomic E-state index is 12.6. The Labute approximate surface area is 202 Å². The van der Waals surface area contributed by atoms with Gasteiger partial charge in [0.2, 0.25) is 0 Å². The van der Waals surface area contributed by atoms with Crippen LogP contribution in [-0.4, -0.2) is 38.6 Å². The Balaban J connectivity index is 1.36. The number of nitrogens with one attached hydrogen (secondary N) is 1. The first-order valence-corrected chi connectivity index (χ1v) is 12.2. The van der Waals surface area contributed by atoms with E-state index in [0.29, 0.717) is 24.2 Å². The largest absolute Gasteiger partial charge is 0.492 e. The highest BCUT2D eigenvalue weighted by Gasteiger charge is 2.32. The summed E-state index contributed by atoms with van der Waals surface area (Å²) in [5.74, 6) is 1.01. The molecule has 2 aliphatic rings. The first-order valence-electron chi connectivity index (χ1n) is 11.3. The van der Waals surface area contributed by atoms with Gasteiger partial charge in [-0.15, -0.1) is 0 Å². The molecule has 0 unspecified atom stereocenters. The van der Waals surface area contributed by atoms with E-state index in [-0.39, 0.29) is 11.4 Å². The predicted molar refractivity (Wildman–Crippen MR) is 139 cm³/mol. The Morgan fingerprint density at radius 2 is 1.97 bits per heavy atom. The number of rotatable bonds is 7. The van der Waals surface area contributed by atoms with Gasteiger partial charge in [-0.3, -0.25) is 10.2 Å². The Kier molecular flexibility index (Phi) is 6.06. The number of nitrogens with zero attached hydrogens (tertiary/aromatic N) is 4. The van der Waals surface area contributed by atoms with E-state index in [0.717, 1.165) is 28.6 Å². The molecule has 172 valence electrons. The van der Waals surface area contributed by atoms with Gasteiger partial charge in [-0.1, -0.05) is 44.2 Å². The number of fused-ring (bicyclic) bond motifs is 2. The molecule has 1 N–H and O–H groups in total. The van der Waals surface area contributed by atoms with E-state index in [1.165, 1.54) is 22.3 Å². The van der Waals surface area contributed by atoms with Crippen molar-refractivity contribution in [1.29, 1.82) is 5.41 Å². The van der Waals surface area contributed by atoms with E-state index in [4.69, 9.17) is 10.1 Å². The fourth-order valence-electron chi connectivity index (χ4n) is 4.06. The summed E-state index contributed by atoms with van der Waals surface area (Å²) in [4.78, 5) is 16.7. The van der Waals surface area contributed by atoms with Gasteiger partial charge in [0.25, 0.3) is 5.91 Å². The molecule has 8 heteroatoms. The number of thioether (sulfide) groups is 1. The van der Waals surface area contributed by atoms with Gasteiger partial charge in [-0.05, 0) is 53.9 Å². The zero-order valence-corrected chi connectivity index (χ0v) is 19.9. The Morgan fingerprint density at radius 1 is 1.18 bits per heavy atom. The monoisotopic (exact) mass is 471 g/mol. The molecule has 0 spiro atoms. The average molecular weight is 472 g/mol. The van der Waals surface area contributed by atoms with E-state index in [1.54, 1.807) is 11.6 Å². The van der Waals surface area contributed by atoms with Gasteiger partial charge < -0.3 is 9.30 Å². The number of aliphatic imine (C=N–C) groups is 1. The normalized spacial score (nSPS) is 17.4. The number of para-hydroxylation sites is 1. The molecule has 0 saturated carbocycles. The van der Waals surface area contributed by atoms with Crippen molar-refractivity contribution in [3.8, 4) is 5.75 Å². The smallest absolute Gasteiger partial charge is 0.283 e. The van der Waals surface area contributed by atoms with Crippen LogP contribution in [0.2, 0.25) is 0 Å². The summed E-state index contributed by atoms with van der Waals surface area (Å²) in [6, 6.07) is 16.3. The van der Waals surface area contributed by atoms with Gasteiger partial charge >= 0.3 is 0 Å². The molecule has 3 heterocycles. The molecule has 0 bridgehead atoms. The number of aromatic nitrogens is 1. The lowest BCUT2D eigenvalue weighted by atomic mass is 9.99. The molecule has 0 aliphatic carbocycles. The van der Waals surface area contributed by atoms with Gasteiger partial charge in [-0.2, -0.15) is 15.1 Å². The van der Waals surface area contributed by atoms with E-state index < -0.39 is 5.91 Å². The van der Waals surface area contributed by atoms with E-state index in [1.807, 2.05) is 42.6 Å². The number of amidine groups is 2. The summed E-state index contributed by atoms with van der Waals surface area (Å²) >= 11 is 1.24. The number of ether oxygens (including phenoxy) is 1. The Bertz CT molecular complexity index is 1350. The quantitative estimate of drug-likeness (QED) is 0.462. The lowest BCUT2D eigenvalue weighted by Gasteiger charge is -2.20. The lowest BCUT2D eigenvalue weighted by Crippen LogP contribution is -2.35. The molecule has 2 aliphatic heterocycles. The molecule has 1 atom stereocenters. The molecule has 1 amide bonds. The van der Waals surface area contributed by atoms with Crippen LogP contribution >= 0.6 is 11.8 Å². The second-order valence-electron chi connectivity index (χ2n) is 8.28. The molecule has 34 heavy (non-hydrogen) atoms. The molecular weight excluding hydrogens is 446 g/mol. The second-order valence-corrected chi connectivity index (χ2v) is 9.09. The fraction of sp³-hybridized carbons (Fsp3) is 0.231. The summed E-state index contributed by atoms with van der Waals surface area (Å²) in [6.45, 7) is 5.58. The van der Waals surface area contributed by atoms with Crippen LogP contribution in [0.25, 0.3) is 17.0 Å². The standard InChI is InChI=1S/C26H25N5O2S/c1-3-17(2)18-8-10-20(11-9-18)33-13-12-30-15-19(21-6-4-5-7-23(21)30)14-22-24(27)31-26(29-25(22)32)34-16-28-31/h4-11,14-17,27H,3,12-13H2,1-2H3/b22-14+,27-24?/t17-/m0/s1. The SMILES string of the molecule is CC[C@H](C)c1ccc(OCCn2cc(/C=C3\C(=N)N4N=CSC4=NC3=O)c3ccccc32)cc1. The maximum absolute atomic E-state index is 12.6. The minimum Gasteiger partial charge on any atom is -0.492 e. The molecular formula is C26H25N5O2S. The van der Waals surface area contributed by atoms with Crippen molar-refractivity contribution < 1.29 is 9.53 Å². The van der Waals surface area contributed by atoms with Crippen molar-refractivity contribution in [3.63, 3.8) is 0 Å². The number of amides is 1. The van der Waals surface area contributed by atoms with Crippen molar-refractivity contribution in [3.05, 3.63) is 71.4 Å². The Morgan fingerprint density at radius 3 is 2.76 bits per heavy atom. The number of hydrogen-bond donors (Lipinski definition) is 1. The lowest BCUT2D eigenvalue weighted by molar-refractivity contribution is -0.114. The summed E-state index contributed by atoms with van der Waals surface area (Å²) in [6.07, 6.45) is 4.84. The van der Waals surface area contributed by atoms with Crippen LogP contribution in [0.15, 0.2) is 70.4 Å². The number of carbonyl (C=O) groups excluding carboxylic acids is 1. The highest BCUT2D eigenvalue weighted by Crippen LogP contribution is 2.28. The fourth-order valence-corrected chi connectivity index (χ4v) is 4.67. The molecule has 5 rings (SSSR count). The van der Waals surface area contributed by atoms with E-state index >= 15 is 0 Å². The number of hydrogen-bond acceptors (Lipinski definition) is 5. The minimum atomic E-state index is -0.421. The maximum Gasteiger partial charge on any atom is 0.283 e. The average Bonchev–Trinajstić information content (AvgIpc) is 3.47. The third-order valence-corrected chi connectivity index (χ3v) is 6.85. The zero-order valence-electron chi connectivity index (χ0n) is 19.1. The topological polar surface area (TPSA) is 83.0 Å². The van der Waals surface area contributed by atoms with Gasteiger partial charge in [0.15, 0.2) is 11.0 Å². The molecule has 3 aromatic rings. The minimum absolute atomic E-state index is 0.0391. The number of benzene rings is 2. The summed E-state index contributed by atoms with van der Waals surface area (Å²) in [7, 11) is 0. The van der Waals surface area contributed by atoms with Gasteiger partial charge in [0, 0.05) is 22.7 Å². The highest BCUT2D eigenvalue weighted by atomic mass is 32.2. The van der Waals surface area contributed by atoms with Gasteiger partial charge in [0.1, 0.15) is 12.4 Å². The zero-order chi connectivity index (χ0) is 23.7. The first-order chi connectivity index (χ1) is 16.5. The van der Waals surface area contributed by atoms with E-state index in [9.17, 15) is 4.79 Å². The summed E-state index contributed by atoms with van der Waals surface area (Å²) in [5, 5.41) is 15.4. The van der Waals surface area contributed by atoms with Crippen LogP contribution in [0.4, 0.5) is 0 Å². The molecule has 2 aromatic carbocycles. The predicted octanol–water partition coefficient (Wildman–Crippen LogP) is 5.48. The van der Waals surface area contributed by atoms with Crippen LogP contribution in [-0.2, 0) is 11.3 Å². The van der Waals surface area contributed by atoms with Crippen LogP contribution in [0, 0.1) is 5.41 Å². The second kappa shape index (κ2) is 9.30. The molecule has 7 nitrogen and oxygen atoms in total. The molecule has 0 saturated heterocycles. The molecule has 0 radical (unpaired) electrons. The van der Waals surface area contributed by atoms with Gasteiger partial charge in [-0.25, -0.2) is 0 Å². The third-order valence-electron chi connectivity index (χ3n) is 6.18. The van der Waals surface area contributed by atoms with Crippen LogP contribution < -0.4 is 4.74 Å². The van der Waals surface area contributed by atoms with Crippen LogP contribution in [0.3, 0.4) is 0 Å². The molecule has 0 fully saturated rings.